The van der Waals surface area contributed by atoms with Crippen LogP contribution in [-0.2, 0) is 14.1 Å². The van der Waals surface area contributed by atoms with E-state index in [1.807, 2.05) is 6.92 Å². The van der Waals surface area contributed by atoms with Crippen molar-refractivity contribution in [2.24, 2.45) is 0 Å². The van der Waals surface area contributed by atoms with Gasteiger partial charge in [0.1, 0.15) is 0 Å². The highest BCUT2D eigenvalue weighted by Crippen LogP contribution is 2.25. The third-order valence-electron chi connectivity index (χ3n) is 0.615. The zero-order valence-electron chi connectivity index (χ0n) is 7.21. The fourth-order valence-electron chi connectivity index (χ4n) is 0.262. The highest BCUT2D eigenvalue weighted by molar-refractivity contribution is 7.45. The number of phosphoric acid groups is 1. The Balaban J connectivity index is 0. The smallest absolute Gasteiger partial charge is 0.463 e. The van der Waals surface area contributed by atoms with Gasteiger partial charge in [0.15, 0.2) is 0 Å². The number of esters is 1. The zero-order valence-corrected chi connectivity index (χ0v) is 8.11. The first-order valence-corrected chi connectivity index (χ1v) is 4.95. The molecular weight excluding hydrogens is 199 g/mol. The highest BCUT2D eigenvalue weighted by atomic mass is 31.2. The molecule has 7 heteroatoms. The van der Waals surface area contributed by atoms with Gasteiger partial charge >= 0.3 is 13.8 Å². The summed E-state index contributed by atoms with van der Waals surface area (Å²) < 4.78 is 13.5. The van der Waals surface area contributed by atoms with E-state index in [-0.39, 0.29) is 5.97 Å². The van der Waals surface area contributed by atoms with Gasteiger partial charge < -0.3 is 19.4 Å². The monoisotopic (exact) mass is 212 g/mol. The largest absolute Gasteiger partial charge is 0.466 e. The van der Waals surface area contributed by atoms with Gasteiger partial charge in [-0.05, 0) is 6.42 Å². The predicted molar refractivity (Wildman–Crippen MR) is 45.7 cm³/mol. The van der Waals surface area contributed by atoms with E-state index in [2.05, 4.69) is 11.3 Å². The number of rotatable bonds is 3. The number of ether oxygens (including phenoxy) is 1. The first-order valence-electron chi connectivity index (χ1n) is 3.38. The molecule has 0 unspecified atom stereocenters. The Hall–Kier alpha value is -0.680. The van der Waals surface area contributed by atoms with Gasteiger partial charge in [-0.15, -0.1) is 0 Å². The fraction of sp³-hybridized carbons (Fsp3) is 0.500. The summed E-state index contributed by atoms with van der Waals surface area (Å²) in [6, 6.07) is 0. The summed E-state index contributed by atoms with van der Waals surface area (Å²) in [5.74, 6) is -0.341. The predicted octanol–water partition coefficient (Wildman–Crippen LogP) is 0.197. The van der Waals surface area contributed by atoms with Crippen molar-refractivity contribution in [3.05, 3.63) is 12.7 Å². The Morgan fingerprint density at radius 3 is 2.15 bits per heavy atom. The molecule has 0 aliphatic carbocycles. The number of hydrogen-bond acceptors (Lipinski definition) is 3. The maximum absolute atomic E-state index is 10.2. The van der Waals surface area contributed by atoms with Crippen molar-refractivity contribution in [3.8, 4) is 0 Å². The lowest BCUT2D eigenvalue weighted by Gasteiger charge is -1.94. The van der Waals surface area contributed by atoms with Gasteiger partial charge in [0.05, 0.1) is 6.61 Å². The normalized spacial score (nSPS) is 9.54. The second kappa shape index (κ2) is 7.94. The highest BCUT2D eigenvalue weighted by Gasteiger charge is 2.00. The third-order valence-corrected chi connectivity index (χ3v) is 0.615. The van der Waals surface area contributed by atoms with Crippen LogP contribution in [0.5, 0.6) is 0 Å². The molecule has 0 aromatic heterocycles. The van der Waals surface area contributed by atoms with Crippen LogP contribution in [0.1, 0.15) is 13.3 Å². The van der Waals surface area contributed by atoms with Gasteiger partial charge in [0.2, 0.25) is 0 Å². The minimum absolute atomic E-state index is 0.341. The van der Waals surface area contributed by atoms with Crippen LogP contribution in [0.3, 0.4) is 0 Å². The topological polar surface area (TPSA) is 104 Å². The Bertz CT molecular complexity index is 187. The van der Waals surface area contributed by atoms with E-state index in [0.717, 1.165) is 12.5 Å². The second-order valence-electron chi connectivity index (χ2n) is 1.88. The van der Waals surface area contributed by atoms with Crippen molar-refractivity contribution in [2.75, 3.05) is 6.61 Å². The lowest BCUT2D eigenvalue weighted by molar-refractivity contribution is -0.137. The molecule has 0 spiro atoms. The molecule has 0 amide bonds. The molecule has 0 saturated carbocycles. The average molecular weight is 212 g/mol. The fourth-order valence-corrected chi connectivity index (χ4v) is 0.262. The van der Waals surface area contributed by atoms with Gasteiger partial charge in [0, 0.05) is 6.08 Å². The SMILES string of the molecule is C=CC(=O)OCCC.O=P(O)(O)O. The quantitative estimate of drug-likeness (QED) is 0.350. The van der Waals surface area contributed by atoms with Gasteiger partial charge in [-0.25, -0.2) is 9.36 Å². The molecule has 0 radical (unpaired) electrons. The van der Waals surface area contributed by atoms with Crippen LogP contribution in [0.25, 0.3) is 0 Å². The molecular formula is C6H13O6P. The molecule has 0 rings (SSSR count). The zero-order chi connectivity index (χ0) is 10.9. The number of hydrogen-bond donors (Lipinski definition) is 3. The van der Waals surface area contributed by atoms with Gasteiger partial charge in [-0.3, -0.25) is 0 Å². The van der Waals surface area contributed by atoms with E-state index in [9.17, 15) is 4.79 Å². The van der Waals surface area contributed by atoms with Crippen molar-refractivity contribution in [2.45, 2.75) is 13.3 Å². The summed E-state index contributed by atoms with van der Waals surface area (Å²) in [5, 5.41) is 0. The lowest BCUT2D eigenvalue weighted by atomic mass is 10.5. The van der Waals surface area contributed by atoms with Crippen molar-refractivity contribution in [1.29, 1.82) is 0 Å². The molecule has 0 heterocycles. The molecule has 3 N–H and O–H groups in total. The Labute approximate surface area is 76.1 Å². The summed E-state index contributed by atoms with van der Waals surface area (Å²) >= 11 is 0. The standard InChI is InChI=1S/C6H10O2.H3O4P/c1-3-5-8-6(7)4-2;1-5(2,3)4/h4H,2-3,5H2,1H3;(H3,1,2,3,4). The van der Waals surface area contributed by atoms with Crippen LogP contribution >= 0.6 is 7.82 Å². The molecule has 6 nitrogen and oxygen atoms in total. The maximum Gasteiger partial charge on any atom is 0.466 e. The summed E-state index contributed by atoms with van der Waals surface area (Å²) in [4.78, 5) is 31.8. The van der Waals surface area contributed by atoms with Crippen LogP contribution in [0.2, 0.25) is 0 Å². The van der Waals surface area contributed by atoms with Crippen molar-refractivity contribution >= 4 is 13.8 Å². The Morgan fingerprint density at radius 2 is 1.92 bits per heavy atom. The summed E-state index contributed by atoms with van der Waals surface area (Å²) in [6.07, 6.45) is 2.02. The number of carbonyl (C=O) groups is 1. The Kier molecular flexibility index (Phi) is 9.06. The molecule has 0 fully saturated rings. The molecule has 0 atom stereocenters. The van der Waals surface area contributed by atoms with Gasteiger partial charge in [0.25, 0.3) is 0 Å². The van der Waals surface area contributed by atoms with Crippen LogP contribution in [-0.4, -0.2) is 27.3 Å². The molecule has 0 aromatic rings. The first-order chi connectivity index (χ1) is 5.81. The molecule has 13 heavy (non-hydrogen) atoms. The average Bonchev–Trinajstić information content (AvgIpc) is 1.97. The van der Waals surface area contributed by atoms with E-state index in [4.69, 9.17) is 19.2 Å². The molecule has 0 aliphatic heterocycles. The molecule has 78 valence electrons. The van der Waals surface area contributed by atoms with Gasteiger partial charge in [-0.1, -0.05) is 13.5 Å². The summed E-state index contributed by atoms with van der Waals surface area (Å²) in [6.45, 7) is 5.67. The van der Waals surface area contributed by atoms with Gasteiger partial charge in [-0.2, -0.15) is 0 Å². The number of carbonyl (C=O) groups excluding carboxylic acids is 1. The van der Waals surface area contributed by atoms with Crippen LogP contribution < -0.4 is 0 Å². The van der Waals surface area contributed by atoms with E-state index in [1.54, 1.807) is 0 Å². The van der Waals surface area contributed by atoms with E-state index < -0.39 is 7.82 Å². The molecule has 0 aliphatic rings. The van der Waals surface area contributed by atoms with Crippen LogP contribution in [0, 0.1) is 0 Å². The van der Waals surface area contributed by atoms with Crippen molar-refractivity contribution in [1.82, 2.24) is 0 Å². The van der Waals surface area contributed by atoms with E-state index >= 15 is 0 Å². The van der Waals surface area contributed by atoms with Crippen molar-refractivity contribution in [3.63, 3.8) is 0 Å². The maximum atomic E-state index is 10.2. The third kappa shape index (κ3) is 34.7. The molecule has 0 bridgehead atoms. The van der Waals surface area contributed by atoms with Crippen molar-refractivity contribution < 1.29 is 28.8 Å². The van der Waals surface area contributed by atoms with Crippen LogP contribution in [0.4, 0.5) is 0 Å². The minimum Gasteiger partial charge on any atom is -0.463 e. The summed E-state index contributed by atoms with van der Waals surface area (Å²) in [7, 11) is -4.64. The van der Waals surface area contributed by atoms with E-state index in [1.165, 1.54) is 0 Å². The second-order valence-corrected chi connectivity index (χ2v) is 2.91. The van der Waals surface area contributed by atoms with E-state index in [0.29, 0.717) is 6.61 Å². The Morgan fingerprint density at radius 1 is 1.54 bits per heavy atom. The minimum atomic E-state index is -4.64. The summed E-state index contributed by atoms with van der Waals surface area (Å²) in [5.41, 5.74) is 0. The molecule has 0 saturated heterocycles. The first kappa shape index (κ1) is 14.8. The lowest BCUT2D eigenvalue weighted by Crippen LogP contribution is -1.99. The van der Waals surface area contributed by atoms with Crippen LogP contribution in [0.15, 0.2) is 12.7 Å². The molecule has 0 aromatic carbocycles.